The Bertz CT molecular complexity index is 609. The molecule has 0 saturated carbocycles. The zero-order valence-electron chi connectivity index (χ0n) is 13.6. The highest BCUT2D eigenvalue weighted by Crippen LogP contribution is 2.24. The van der Waals surface area contributed by atoms with Gasteiger partial charge in [-0.1, -0.05) is 5.21 Å². The Morgan fingerprint density at radius 3 is 2.62 bits per heavy atom. The lowest BCUT2D eigenvalue weighted by molar-refractivity contribution is -0.141. The van der Waals surface area contributed by atoms with Crippen molar-refractivity contribution in [3.8, 4) is 0 Å². The van der Waals surface area contributed by atoms with E-state index in [2.05, 4.69) is 15.6 Å². The molecule has 0 aromatic carbocycles. The minimum absolute atomic E-state index is 0.0788. The Labute approximate surface area is 139 Å². The number of hydrogen-bond acceptors (Lipinski definition) is 7. The van der Waals surface area contributed by atoms with Gasteiger partial charge < -0.3 is 16.2 Å². The standard InChI is InChI=1S/C15H23N5O4/c1-9(21)6-11(16)12-8-20(19-18-12)13(7-14(22)23)15(24)10-2-4-17-5-3-10/h8,10-11,13,17H,2-7,16H2,1H3,(H,22,23)/t11?,13-/m0/s1. The maximum Gasteiger partial charge on any atom is 0.305 e. The van der Waals surface area contributed by atoms with Gasteiger partial charge in [-0.2, -0.15) is 0 Å². The van der Waals surface area contributed by atoms with E-state index in [0.29, 0.717) is 18.5 Å². The van der Waals surface area contributed by atoms with Crippen LogP contribution < -0.4 is 11.1 Å². The summed E-state index contributed by atoms with van der Waals surface area (Å²) in [5.41, 5.74) is 6.26. The summed E-state index contributed by atoms with van der Waals surface area (Å²) in [4.78, 5) is 35.0. The van der Waals surface area contributed by atoms with Crippen molar-refractivity contribution >= 4 is 17.5 Å². The highest BCUT2D eigenvalue weighted by molar-refractivity contribution is 5.88. The molecule has 9 heteroatoms. The van der Waals surface area contributed by atoms with Crippen LogP contribution in [0.3, 0.4) is 0 Å². The number of hydrogen-bond donors (Lipinski definition) is 3. The van der Waals surface area contributed by atoms with Crippen LogP contribution in [0.25, 0.3) is 0 Å². The molecule has 4 N–H and O–H groups in total. The molecule has 1 saturated heterocycles. The van der Waals surface area contributed by atoms with E-state index >= 15 is 0 Å². The number of carboxylic acid groups (broad SMARTS) is 1. The number of aromatic nitrogens is 3. The van der Waals surface area contributed by atoms with Gasteiger partial charge in [0.2, 0.25) is 0 Å². The van der Waals surface area contributed by atoms with Crippen LogP contribution in [0.2, 0.25) is 0 Å². The van der Waals surface area contributed by atoms with E-state index in [1.54, 1.807) is 0 Å². The number of nitrogens with one attached hydrogen (secondary N) is 1. The van der Waals surface area contributed by atoms with Crippen LogP contribution in [0, 0.1) is 5.92 Å². The van der Waals surface area contributed by atoms with Gasteiger partial charge in [0.05, 0.1) is 24.4 Å². The number of ketones is 2. The third-order valence-corrected chi connectivity index (χ3v) is 4.17. The topological polar surface area (TPSA) is 140 Å². The van der Waals surface area contributed by atoms with Crippen LogP contribution in [0.5, 0.6) is 0 Å². The summed E-state index contributed by atoms with van der Waals surface area (Å²) >= 11 is 0. The second-order valence-electron chi connectivity index (χ2n) is 6.18. The van der Waals surface area contributed by atoms with Crippen molar-refractivity contribution in [3.05, 3.63) is 11.9 Å². The van der Waals surface area contributed by atoms with Crippen molar-refractivity contribution in [2.45, 2.75) is 44.7 Å². The van der Waals surface area contributed by atoms with Crippen LogP contribution in [0.15, 0.2) is 6.20 Å². The maximum absolute atomic E-state index is 12.7. The average Bonchev–Trinajstić information content (AvgIpc) is 3.02. The molecule has 1 aromatic heterocycles. The molecule has 1 aromatic rings. The van der Waals surface area contributed by atoms with Crippen molar-refractivity contribution in [2.24, 2.45) is 11.7 Å². The maximum atomic E-state index is 12.7. The van der Waals surface area contributed by atoms with Crippen LogP contribution in [0.1, 0.15) is 50.4 Å². The van der Waals surface area contributed by atoms with Gasteiger partial charge in [-0.25, -0.2) is 4.68 Å². The Morgan fingerprint density at radius 2 is 2.04 bits per heavy atom. The second kappa shape index (κ2) is 8.11. The molecule has 1 aliphatic heterocycles. The van der Waals surface area contributed by atoms with Crippen LogP contribution in [-0.4, -0.2) is 50.7 Å². The second-order valence-corrected chi connectivity index (χ2v) is 6.18. The Morgan fingerprint density at radius 1 is 1.38 bits per heavy atom. The zero-order valence-corrected chi connectivity index (χ0v) is 13.6. The average molecular weight is 337 g/mol. The first-order chi connectivity index (χ1) is 11.4. The summed E-state index contributed by atoms with van der Waals surface area (Å²) in [6.07, 6.45) is 2.60. The number of aliphatic carboxylic acids is 1. The highest BCUT2D eigenvalue weighted by atomic mass is 16.4. The molecule has 0 amide bonds. The molecule has 0 radical (unpaired) electrons. The van der Waals surface area contributed by atoms with Crippen molar-refractivity contribution < 1.29 is 19.5 Å². The van der Waals surface area contributed by atoms with Gasteiger partial charge in [-0.15, -0.1) is 5.10 Å². The van der Waals surface area contributed by atoms with Gasteiger partial charge in [-0.3, -0.25) is 14.4 Å². The molecule has 24 heavy (non-hydrogen) atoms. The van der Waals surface area contributed by atoms with Gasteiger partial charge in [0.1, 0.15) is 11.8 Å². The fourth-order valence-corrected chi connectivity index (χ4v) is 2.90. The van der Waals surface area contributed by atoms with E-state index in [-0.39, 0.29) is 30.3 Å². The number of carbonyl (C=O) groups excluding carboxylic acids is 2. The van der Waals surface area contributed by atoms with E-state index in [1.165, 1.54) is 17.8 Å². The van der Waals surface area contributed by atoms with Crippen molar-refractivity contribution in [3.63, 3.8) is 0 Å². The summed E-state index contributed by atoms with van der Waals surface area (Å²) < 4.78 is 1.27. The Kier molecular flexibility index (Phi) is 6.16. The molecular formula is C15H23N5O4. The summed E-state index contributed by atoms with van der Waals surface area (Å²) in [5, 5.41) is 20.1. The molecule has 1 aliphatic rings. The van der Waals surface area contributed by atoms with Crippen molar-refractivity contribution in [1.82, 2.24) is 20.3 Å². The number of nitrogens with zero attached hydrogens (tertiary/aromatic N) is 3. The third kappa shape index (κ3) is 4.68. The molecule has 2 heterocycles. The largest absolute Gasteiger partial charge is 0.481 e. The SMILES string of the molecule is CC(=O)CC(N)c1cn([C@@H](CC(=O)O)C(=O)C2CCNCC2)nn1. The van der Waals surface area contributed by atoms with Crippen LogP contribution >= 0.6 is 0 Å². The predicted octanol–water partition coefficient (Wildman–Crippen LogP) is -0.158. The van der Waals surface area contributed by atoms with Gasteiger partial charge in [0, 0.05) is 12.3 Å². The molecule has 1 fully saturated rings. The molecule has 132 valence electrons. The fraction of sp³-hybridized carbons (Fsp3) is 0.667. The molecule has 0 spiro atoms. The quantitative estimate of drug-likeness (QED) is 0.594. The van der Waals surface area contributed by atoms with Gasteiger partial charge in [-0.05, 0) is 32.9 Å². The first-order valence-electron chi connectivity index (χ1n) is 8.01. The minimum atomic E-state index is -1.08. The first kappa shape index (κ1) is 18.2. The smallest absolute Gasteiger partial charge is 0.305 e. The summed E-state index contributed by atoms with van der Waals surface area (Å²) in [5.74, 6) is -1.48. The summed E-state index contributed by atoms with van der Waals surface area (Å²) in [7, 11) is 0. The van der Waals surface area contributed by atoms with Crippen LogP contribution in [0.4, 0.5) is 0 Å². The molecule has 1 unspecified atom stereocenters. The molecule has 9 nitrogen and oxygen atoms in total. The fourth-order valence-electron chi connectivity index (χ4n) is 2.90. The lowest BCUT2D eigenvalue weighted by atomic mass is 9.88. The number of Topliss-reactive ketones (excluding diaryl/α,β-unsaturated/α-hetero) is 2. The van der Waals surface area contributed by atoms with Crippen LogP contribution in [-0.2, 0) is 14.4 Å². The van der Waals surface area contributed by atoms with E-state index in [4.69, 9.17) is 10.8 Å². The number of piperidine rings is 1. The normalized spacial score (nSPS) is 18.1. The molecular weight excluding hydrogens is 314 g/mol. The van der Waals surface area contributed by atoms with E-state index in [0.717, 1.165) is 13.1 Å². The number of rotatable bonds is 8. The monoisotopic (exact) mass is 337 g/mol. The Balaban J connectivity index is 2.18. The number of carbonyl (C=O) groups is 3. The summed E-state index contributed by atoms with van der Waals surface area (Å²) in [6.45, 7) is 2.91. The van der Waals surface area contributed by atoms with E-state index in [9.17, 15) is 14.4 Å². The first-order valence-corrected chi connectivity index (χ1v) is 8.01. The highest BCUT2D eigenvalue weighted by Gasteiger charge is 2.32. The molecule has 2 atom stereocenters. The summed E-state index contributed by atoms with van der Waals surface area (Å²) in [6, 6.07) is -1.52. The van der Waals surface area contributed by atoms with Gasteiger partial charge in [0.15, 0.2) is 5.78 Å². The number of carboxylic acids is 1. The lowest BCUT2D eigenvalue weighted by Gasteiger charge is -2.25. The minimum Gasteiger partial charge on any atom is -0.481 e. The molecule has 0 bridgehead atoms. The van der Waals surface area contributed by atoms with E-state index < -0.39 is 18.1 Å². The molecule has 2 rings (SSSR count). The molecule has 0 aliphatic carbocycles. The van der Waals surface area contributed by atoms with Crippen molar-refractivity contribution in [1.29, 1.82) is 0 Å². The van der Waals surface area contributed by atoms with E-state index in [1.807, 2.05) is 0 Å². The number of nitrogens with two attached hydrogens (primary N) is 1. The Hall–Kier alpha value is -2.13. The predicted molar refractivity (Wildman–Crippen MR) is 84.1 cm³/mol. The lowest BCUT2D eigenvalue weighted by Crippen LogP contribution is -2.36. The van der Waals surface area contributed by atoms with Crippen molar-refractivity contribution in [2.75, 3.05) is 13.1 Å². The zero-order chi connectivity index (χ0) is 17.7. The van der Waals surface area contributed by atoms with Gasteiger partial charge >= 0.3 is 5.97 Å². The third-order valence-electron chi connectivity index (χ3n) is 4.17. The van der Waals surface area contributed by atoms with Gasteiger partial charge in [0.25, 0.3) is 0 Å².